The van der Waals surface area contributed by atoms with Crippen LogP contribution in [0.2, 0.25) is 0 Å². The molecule has 15 heavy (non-hydrogen) atoms. The maximum absolute atomic E-state index is 10.4. The second-order valence-corrected chi connectivity index (χ2v) is 3.62. The number of H-pyrrole nitrogens is 1. The van der Waals surface area contributed by atoms with Crippen LogP contribution in [0.4, 0.5) is 0 Å². The van der Waals surface area contributed by atoms with Crippen LogP contribution in [-0.2, 0) is 11.2 Å². The molecule has 0 saturated heterocycles. The van der Waals surface area contributed by atoms with Crippen LogP contribution in [0, 0.1) is 0 Å². The molecule has 5 heteroatoms. The minimum atomic E-state index is -0.913. The summed E-state index contributed by atoms with van der Waals surface area (Å²) >= 11 is 0. The summed E-state index contributed by atoms with van der Waals surface area (Å²) in [6.45, 7) is 0. The summed E-state index contributed by atoms with van der Waals surface area (Å²) in [6, 6.07) is -0.711. The van der Waals surface area contributed by atoms with Crippen molar-refractivity contribution in [3.05, 3.63) is 18.2 Å². The van der Waals surface area contributed by atoms with Crippen LogP contribution >= 0.6 is 0 Å². The van der Waals surface area contributed by atoms with Crippen LogP contribution in [-0.4, -0.2) is 27.1 Å². The number of carboxylic acids is 1. The number of carboxylic acid groups (broad SMARTS) is 1. The van der Waals surface area contributed by atoms with Gasteiger partial charge in [-0.25, -0.2) is 4.98 Å². The van der Waals surface area contributed by atoms with Crippen molar-refractivity contribution < 1.29 is 9.90 Å². The quantitative estimate of drug-likeness (QED) is 0.585. The molecule has 1 aromatic rings. The highest BCUT2D eigenvalue weighted by Crippen LogP contribution is 2.06. The van der Waals surface area contributed by atoms with E-state index in [1.54, 1.807) is 6.33 Å². The molecule has 0 radical (unpaired) electrons. The highest BCUT2D eigenvalue weighted by Gasteiger charge is 2.09. The Morgan fingerprint density at radius 3 is 2.93 bits per heavy atom. The molecule has 0 bridgehead atoms. The fourth-order valence-electron chi connectivity index (χ4n) is 1.40. The van der Waals surface area contributed by atoms with Crippen LogP contribution in [0.15, 0.2) is 12.5 Å². The van der Waals surface area contributed by atoms with Crippen LogP contribution in [0.3, 0.4) is 0 Å². The number of carbonyl (C=O) groups is 1. The van der Waals surface area contributed by atoms with Crippen molar-refractivity contribution in [1.82, 2.24) is 9.97 Å². The summed E-state index contributed by atoms with van der Waals surface area (Å²) in [5.41, 5.74) is 6.50. The molecule has 84 valence electrons. The number of nitrogens with zero attached hydrogens (tertiary/aromatic N) is 1. The molecule has 0 aliphatic heterocycles. The Morgan fingerprint density at radius 2 is 2.33 bits per heavy atom. The molecule has 0 fully saturated rings. The van der Waals surface area contributed by atoms with Gasteiger partial charge in [0.25, 0.3) is 0 Å². The van der Waals surface area contributed by atoms with E-state index in [0.29, 0.717) is 6.42 Å². The lowest BCUT2D eigenvalue weighted by Gasteiger charge is -2.05. The second-order valence-electron chi connectivity index (χ2n) is 3.62. The molecule has 0 aliphatic rings. The molecular weight excluding hydrogens is 194 g/mol. The number of aliphatic carboxylic acids is 1. The number of nitrogens with one attached hydrogen (secondary N) is 1. The fourth-order valence-corrected chi connectivity index (χ4v) is 1.40. The van der Waals surface area contributed by atoms with E-state index < -0.39 is 12.0 Å². The van der Waals surface area contributed by atoms with Gasteiger partial charge >= 0.3 is 5.97 Å². The Morgan fingerprint density at radius 1 is 1.53 bits per heavy atom. The SMILES string of the molecule is N[C@@H](CCCCCc1cnc[nH]1)C(=O)O. The largest absolute Gasteiger partial charge is 0.480 e. The number of aromatic nitrogens is 2. The third kappa shape index (κ3) is 4.60. The molecule has 1 atom stereocenters. The van der Waals surface area contributed by atoms with Gasteiger partial charge in [0, 0.05) is 11.9 Å². The molecule has 5 nitrogen and oxygen atoms in total. The average molecular weight is 211 g/mol. The Balaban J connectivity index is 2.00. The van der Waals surface area contributed by atoms with Crippen LogP contribution in [0.25, 0.3) is 0 Å². The second kappa shape index (κ2) is 6.19. The Kier molecular flexibility index (Phi) is 4.83. The van der Waals surface area contributed by atoms with Crippen molar-refractivity contribution in [3.8, 4) is 0 Å². The van der Waals surface area contributed by atoms with Crippen LogP contribution in [0.1, 0.15) is 31.4 Å². The number of aromatic amines is 1. The molecule has 0 aromatic carbocycles. The van der Waals surface area contributed by atoms with E-state index in [9.17, 15) is 4.79 Å². The van der Waals surface area contributed by atoms with E-state index in [1.165, 1.54) is 0 Å². The monoisotopic (exact) mass is 211 g/mol. The first-order valence-electron chi connectivity index (χ1n) is 5.16. The average Bonchev–Trinajstić information content (AvgIpc) is 2.69. The maximum Gasteiger partial charge on any atom is 0.320 e. The number of unbranched alkanes of at least 4 members (excludes halogenated alkanes) is 2. The first-order valence-corrected chi connectivity index (χ1v) is 5.16. The lowest BCUT2D eigenvalue weighted by molar-refractivity contribution is -0.138. The first kappa shape index (κ1) is 11.7. The summed E-state index contributed by atoms with van der Waals surface area (Å²) in [4.78, 5) is 17.4. The van der Waals surface area contributed by atoms with Crippen molar-refractivity contribution in [1.29, 1.82) is 0 Å². The summed E-state index contributed by atoms with van der Waals surface area (Å²) in [5.74, 6) is -0.913. The van der Waals surface area contributed by atoms with Gasteiger partial charge in [0.1, 0.15) is 6.04 Å². The van der Waals surface area contributed by atoms with Crippen molar-refractivity contribution in [2.75, 3.05) is 0 Å². The van der Waals surface area contributed by atoms with Gasteiger partial charge in [-0.1, -0.05) is 12.8 Å². The Labute approximate surface area is 88.7 Å². The topological polar surface area (TPSA) is 92.0 Å². The minimum Gasteiger partial charge on any atom is -0.480 e. The zero-order chi connectivity index (χ0) is 11.1. The van der Waals surface area contributed by atoms with Gasteiger partial charge in [-0.2, -0.15) is 0 Å². The van der Waals surface area contributed by atoms with Gasteiger partial charge in [-0.05, 0) is 19.3 Å². The summed E-state index contributed by atoms with van der Waals surface area (Å²) in [7, 11) is 0. The summed E-state index contributed by atoms with van der Waals surface area (Å²) in [5, 5.41) is 8.55. The minimum absolute atomic E-state index is 0.554. The van der Waals surface area contributed by atoms with E-state index >= 15 is 0 Å². The van der Waals surface area contributed by atoms with E-state index in [-0.39, 0.29) is 0 Å². The van der Waals surface area contributed by atoms with Crippen LogP contribution in [0.5, 0.6) is 0 Å². The van der Waals surface area contributed by atoms with E-state index in [1.807, 2.05) is 6.20 Å². The molecule has 1 aromatic heterocycles. The third-order valence-electron chi connectivity index (χ3n) is 2.33. The van der Waals surface area contributed by atoms with Crippen molar-refractivity contribution in [2.45, 2.75) is 38.1 Å². The number of nitrogens with two attached hydrogens (primary N) is 1. The van der Waals surface area contributed by atoms with Gasteiger partial charge < -0.3 is 15.8 Å². The number of rotatable bonds is 7. The fraction of sp³-hybridized carbons (Fsp3) is 0.600. The molecule has 0 aliphatic carbocycles. The normalized spacial score (nSPS) is 12.6. The molecule has 1 heterocycles. The highest BCUT2D eigenvalue weighted by molar-refractivity contribution is 5.72. The molecular formula is C10H17N3O2. The van der Waals surface area contributed by atoms with E-state index in [2.05, 4.69) is 9.97 Å². The highest BCUT2D eigenvalue weighted by atomic mass is 16.4. The number of aryl methyl sites for hydroxylation is 1. The predicted molar refractivity (Wildman–Crippen MR) is 56.4 cm³/mol. The van der Waals surface area contributed by atoms with Gasteiger partial charge in [0.15, 0.2) is 0 Å². The molecule has 0 amide bonds. The summed E-state index contributed by atoms with van der Waals surface area (Å²) in [6.07, 6.45) is 7.88. The van der Waals surface area contributed by atoms with Gasteiger partial charge in [0.2, 0.25) is 0 Å². The molecule has 1 rings (SSSR count). The standard InChI is InChI=1S/C10H17N3O2/c11-9(10(14)15)5-3-1-2-4-8-6-12-7-13-8/h6-7,9H,1-5,11H2,(H,12,13)(H,14,15)/t9-/m0/s1. The van der Waals surface area contributed by atoms with Gasteiger partial charge in [0.05, 0.1) is 6.33 Å². The maximum atomic E-state index is 10.4. The number of hydrogen-bond acceptors (Lipinski definition) is 3. The Hall–Kier alpha value is -1.36. The molecule has 4 N–H and O–H groups in total. The predicted octanol–water partition coefficient (Wildman–Crippen LogP) is 0.924. The van der Waals surface area contributed by atoms with E-state index in [0.717, 1.165) is 31.4 Å². The molecule has 0 unspecified atom stereocenters. The summed E-state index contributed by atoms with van der Waals surface area (Å²) < 4.78 is 0. The lowest BCUT2D eigenvalue weighted by atomic mass is 10.1. The number of imidazole rings is 1. The van der Waals surface area contributed by atoms with Crippen molar-refractivity contribution in [2.24, 2.45) is 5.73 Å². The first-order chi connectivity index (χ1) is 7.20. The van der Waals surface area contributed by atoms with Gasteiger partial charge in [-0.3, -0.25) is 4.79 Å². The lowest BCUT2D eigenvalue weighted by Crippen LogP contribution is -2.29. The molecule has 0 spiro atoms. The molecule has 0 saturated carbocycles. The number of hydrogen-bond donors (Lipinski definition) is 3. The van der Waals surface area contributed by atoms with Crippen LogP contribution < -0.4 is 5.73 Å². The zero-order valence-electron chi connectivity index (χ0n) is 8.65. The van der Waals surface area contributed by atoms with Crippen molar-refractivity contribution >= 4 is 5.97 Å². The smallest absolute Gasteiger partial charge is 0.320 e. The van der Waals surface area contributed by atoms with E-state index in [4.69, 9.17) is 10.8 Å². The van der Waals surface area contributed by atoms with Crippen molar-refractivity contribution in [3.63, 3.8) is 0 Å². The Bertz CT molecular complexity index is 285. The van der Waals surface area contributed by atoms with Gasteiger partial charge in [-0.15, -0.1) is 0 Å². The third-order valence-corrected chi connectivity index (χ3v) is 2.33. The zero-order valence-corrected chi connectivity index (χ0v) is 8.65.